The molecule has 1 fully saturated rings. The van der Waals surface area contributed by atoms with E-state index < -0.39 is 16.2 Å². The lowest BCUT2D eigenvalue weighted by Gasteiger charge is -2.25. The van der Waals surface area contributed by atoms with E-state index in [4.69, 9.17) is 4.74 Å². The van der Waals surface area contributed by atoms with Gasteiger partial charge in [0.15, 0.2) is 5.82 Å². The number of hydrogen-bond acceptors (Lipinski definition) is 6. The van der Waals surface area contributed by atoms with E-state index in [1.165, 1.54) is 48.3 Å². The number of rotatable bonds is 6. The lowest BCUT2D eigenvalue weighted by molar-refractivity contribution is 0.289. The van der Waals surface area contributed by atoms with E-state index in [1.807, 2.05) is 0 Å². The lowest BCUT2D eigenvalue weighted by Crippen LogP contribution is -2.25. The van der Waals surface area contributed by atoms with Crippen molar-refractivity contribution in [2.45, 2.75) is 37.8 Å². The Balaban J connectivity index is 1.60. The molecule has 2 atom stereocenters. The predicted octanol–water partition coefficient (Wildman–Crippen LogP) is 4.32. The molecule has 0 aliphatic heterocycles. The predicted molar refractivity (Wildman–Crippen MR) is 125 cm³/mol. The quantitative estimate of drug-likeness (QED) is 0.558. The van der Waals surface area contributed by atoms with Gasteiger partial charge >= 0.3 is 0 Å². The highest BCUT2D eigenvalue weighted by molar-refractivity contribution is 7.92. The summed E-state index contributed by atoms with van der Waals surface area (Å²) in [6.45, 7) is 4.21. The van der Waals surface area contributed by atoms with Crippen LogP contribution in [0.2, 0.25) is 0 Å². The molecule has 1 saturated carbocycles. The zero-order chi connectivity index (χ0) is 24.3. The fourth-order valence-electron chi connectivity index (χ4n) is 4.58. The number of benzene rings is 1. The fraction of sp³-hybridized carbons (Fsp3) is 0.333. The van der Waals surface area contributed by atoms with Crippen LogP contribution in [-0.2, 0) is 14.8 Å². The average Bonchev–Trinajstić information content (AvgIpc) is 3.15. The molecule has 178 valence electrons. The van der Waals surface area contributed by atoms with E-state index in [0.29, 0.717) is 27.9 Å². The number of ether oxygens (including phenoxy) is 1. The van der Waals surface area contributed by atoms with Crippen molar-refractivity contribution in [1.29, 1.82) is 0 Å². The average molecular weight is 486 g/mol. The molecule has 2 unspecified atom stereocenters. The Hall–Kier alpha value is -3.40. The molecule has 1 aromatic carbocycles. The molecular weight excluding hydrogens is 461 g/mol. The number of pyridine rings is 1. The molecular formula is C24H24FN3O5S. The van der Waals surface area contributed by atoms with Crippen LogP contribution >= 0.6 is 0 Å². The molecule has 1 N–H and O–H groups in total. The van der Waals surface area contributed by atoms with Crippen molar-refractivity contribution < 1.29 is 22.1 Å². The summed E-state index contributed by atoms with van der Waals surface area (Å²) in [6.07, 6.45) is 2.65. The van der Waals surface area contributed by atoms with Crippen molar-refractivity contribution in [3.63, 3.8) is 0 Å². The summed E-state index contributed by atoms with van der Waals surface area (Å²) in [5, 5.41) is 4.06. The normalized spacial score (nSPS) is 21.9. The Morgan fingerprint density at radius 3 is 2.65 bits per heavy atom. The molecule has 2 aliphatic carbocycles. The van der Waals surface area contributed by atoms with E-state index in [1.54, 1.807) is 12.1 Å². The van der Waals surface area contributed by atoms with E-state index in [-0.39, 0.29) is 34.0 Å². The molecule has 2 heterocycles. The van der Waals surface area contributed by atoms with E-state index >= 15 is 4.39 Å². The summed E-state index contributed by atoms with van der Waals surface area (Å²) in [5.41, 5.74) is 1.26. The van der Waals surface area contributed by atoms with Crippen molar-refractivity contribution in [1.82, 2.24) is 9.72 Å². The number of sulfonamides is 1. The van der Waals surface area contributed by atoms with E-state index in [0.717, 1.165) is 6.42 Å². The number of aromatic nitrogens is 2. The van der Waals surface area contributed by atoms with Crippen LogP contribution in [0.4, 0.5) is 10.2 Å². The van der Waals surface area contributed by atoms with Gasteiger partial charge in [-0.05, 0) is 53.7 Å². The first-order valence-electron chi connectivity index (χ1n) is 10.8. The smallest absolute Gasteiger partial charge is 0.263 e. The van der Waals surface area contributed by atoms with Crippen LogP contribution in [0.3, 0.4) is 0 Å². The first-order valence-corrected chi connectivity index (χ1v) is 12.3. The summed E-state index contributed by atoms with van der Waals surface area (Å²) in [7, 11) is -2.44. The molecule has 0 radical (unpaired) electrons. The number of methoxy groups -OCH3 is 1. The molecule has 0 spiro atoms. The third-order valence-electron chi connectivity index (χ3n) is 6.57. The highest BCUT2D eigenvalue weighted by Crippen LogP contribution is 2.58. The van der Waals surface area contributed by atoms with Gasteiger partial charge in [0.25, 0.3) is 15.6 Å². The maximum atomic E-state index is 15.3. The second-order valence-corrected chi connectivity index (χ2v) is 11.0. The minimum Gasteiger partial charge on any atom is -0.495 e. The molecule has 3 aromatic rings. The van der Waals surface area contributed by atoms with Gasteiger partial charge < -0.3 is 9.26 Å². The van der Waals surface area contributed by atoms with Crippen LogP contribution in [0.5, 0.6) is 0 Å². The van der Waals surface area contributed by atoms with Crippen LogP contribution in [-0.4, -0.2) is 31.4 Å². The molecule has 0 amide bonds. The van der Waals surface area contributed by atoms with Gasteiger partial charge in [0.1, 0.15) is 18.2 Å². The monoisotopic (exact) mass is 485 g/mol. The summed E-state index contributed by atoms with van der Waals surface area (Å²) < 4.78 is 54.8. The minimum atomic E-state index is -3.93. The van der Waals surface area contributed by atoms with Gasteiger partial charge in [-0.15, -0.1) is 0 Å². The first kappa shape index (κ1) is 22.4. The SMILES string of the molecule is COC1=C(n2c(=O)ccc3cc(S(=O)(=O)Nc4ccon4)ccc32)CC(F)C(C2CC2(C)C)=C1. The molecule has 8 nitrogen and oxygen atoms in total. The van der Waals surface area contributed by atoms with Crippen molar-refractivity contribution >= 4 is 32.4 Å². The van der Waals surface area contributed by atoms with Gasteiger partial charge in [0.2, 0.25) is 0 Å². The number of allylic oxidation sites excluding steroid dienone is 3. The van der Waals surface area contributed by atoms with Crippen molar-refractivity contribution in [2.75, 3.05) is 11.8 Å². The molecule has 0 bridgehead atoms. The standard InChI is InChI=1S/C24H24FN3O5S/c1-24(2)13-17(24)16-11-21(32-3)20(12-18(16)25)28-19-6-5-15(10-14(19)4-7-23(28)29)34(30,31)27-22-8-9-33-26-22/h4-11,17-18H,12-13H2,1-3H3,(H,26,27). The van der Waals surface area contributed by atoms with Crippen LogP contribution in [0, 0.1) is 11.3 Å². The third-order valence-corrected chi connectivity index (χ3v) is 7.93. The topological polar surface area (TPSA) is 103 Å². The number of nitrogens with one attached hydrogen (secondary N) is 1. The maximum Gasteiger partial charge on any atom is 0.263 e. The summed E-state index contributed by atoms with van der Waals surface area (Å²) in [6, 6.07) is 8.63. The number of alkyl halides is 1. The van der Waals surface area contributed by atoms with Gasteiger partial charge in [0.05, 0.1) is 23.2 Å². The van der Waals surface area contributed by atoms with Crippen LogP contribution in [0.25, 0.3) is 16.6 Å². The third kappa shape index (κ3) is 3.81. The van der Waals surface area contributed by atoms with Gasteiger partial charge in [-0.3, -0.25) is 14.1 Å². The second-order valence-electron chi connectivity index (χ2n) is 9.29. The second kappa shape index (κ2) is 7.83. The van der Waals surface area contributed by atoms with E-state index in [9.17, 15) is 13.2 Å². The number of nitrogens with zero attached hydrogens (tertiary/aromatic N) is 2. The van der Waals surface area contributed by atoms with Crippen LogP contribution < -0.4 is 10.3 Å². The van der Waals surface area contributed by atoms with Crippen LogP contribution in [0.15, 0.2) is 74.3 Å². The minimum absolute atomic E-state index is 0.00558. The Morgan fingerprint density at radius 1 is 1.24 bits per heavy atom. The van der Waals surface area contributed by atoms with Gasteiger partial charge in [-0.1, -0.05) is 19.0 Å². The van der Waals surface area contributed by atoms with E-state index in [2.05, 4.69) is 28.2 Å². The molecule has 10 heteroatoms. The first-order chi connectivity index (χ1) is 16.1. The van der Waals surface area contributed by atoms with Crippen molar-refractivity contribution in [3.8, 4) is 0 Å². The molecule has 0 saturated heterocycles. The highest BCUT2D eigenvalue weighted by atomic mass is 32.2. The maximum absolute atomic E-state index is 15.3. The Kier molecular flexibility index (Phi) is 5.16. The molecule has 2 aromatic heterocycles. The lowest BCUT2D eigenvalue weighted by atomic mass is 9.92. The fourth-order valence-corrected chi connectivity index (χ4v) is 5.61. The van der Waals surface area contributed by atoms with Crippen molar-refractivity contribution in [3.05, 3.63) is 70.4 Å². The highest BCUT2D eigenvalue weighted by Gasteiger charge is 2.50. The zero-order valence-corrected chi connectivity index (χ0v) is 19.7. The molecule has 5 rings (SSSR count). The molecule has 2 aliphatic rings. The van der Waals surface area contributed by atoms with Gasteiger partial charge in [0, 0.05) is 23.9 Å². The molecule has 34 heavy (non-hydrogen) atoms. The summed E-state index contributed by atoms with van der Waals surface area (Å²) in [4.78, 5) is 12.9. The summed E-state index contributed by atoms with van der Waals surface area (Å²) in [5.74, 6) is 0.645. The Morgan fingerprint density at radius 2 is 2.00 bits per heavy atom. The van der Waals surface area contributed by atoms with Crippen molar-refractivity contribution in [2.24, 2.45) is 11.3 Å². The number of hydrogen-bond donors (Lipinski definition) is 1. The van der Waals surface area contributed by atoms with Gasteiger partial charge in [-0.25, -0.2) is 12.8 Å². The Bertz CT molecular complexity index is 1500. The Labute approximate surface area is 195 Å². The zero-order valence-electron chi connectivity index (χ0n) is 18.9. The van der Waals surface area contributed by atoms with Crippen LogP contribution in [0.1, 0.15) is 26.7 Å². The largest absolute Gasteiger partial charge is 0.495 e. The number of anilines is 1. The van der Waals surface area contributed by atoms with Gasteiger partial charge in [-0.2, -0.15) is 0 Å². The number of fused-ring (bicyclic) bond motifs is 1. The summed E-state index contributed by atoms with van der Waals surface area (Å²) >= 11 is 0. The number of halogens is 1.